The summed E-state index contributed by atoms with van der Waals surface area (Å²) in [5, 5.41) is 11.5. The van der Waals surface area contributed by atoms with Crippen LogP contribution in [0.4, 0.5) is 11.4 Å². The van der Waals surface area contributed by atoms with E-state index in [0.29, 0.717) is 28.3 Å². The fourth-order valence-corrected chi connectivity index (χ4v) is 2.71. The van der Waals surface area contributed by atoms with Gasteiger partial charge >= 0.3 is 0 Å². The minimum absolute atomic E-state index is 0.0119. The number of amides is 2. The van der Waals surface area contributed by atoms with Crippen LogP contribution in [0.3, 0.4) is 0 Å². The van der Waals surface area contributed by atoms with E-state index in [9.17, 15) is 14.4 Å². The fraction of sp³-hybridized carbons (Fsp3) is 0.200. The molecule has 0 spiro atoms. The summed E-state index contributed by atoms with van der Waals surface area (Å²) in [6.07, 6.45) is 0.0407. The van der Waals surface area contributed by atoms with Crippen molar-refractivity contribution in [2.45, 2.75) is 12.8 Å². The number of carbonyl (C=O) groups is 3. The second-order valence-corrected chi connectivity index (χ2v) is 6.09. The lowest BCUT2D eigenvalue weighted by Gasteiger charge is -2.26. The molecule has 0 bridgehead atoms. The monoisotopic (exact) mass is 363 g/mol. The number of anilines is 2. The van der Waals surface area contributed by atoms with E-state index in [-0.39, 0.29) is 37.0 Å². The number of fused-ring (bicyclic) bond motifs is 1. The largest absolute Gasteiger partial charge is 0.482 e. The van der Waals surface area contributed by atoms with Gasteiger partial charge in [-0.25, -0.2) is 0 Å². The number of ketones is 1. The highest BCUT2D eigenvalue weighted by atomic mass is 16.5. The highest BCUT2D eigenvalue weighted by Crippen LogP contribution is 2.32. The number of nitrogens with zero attached hydrogens (tertiary/aromatic N) is 2. The van der Waals surface area contributed by atoms with E-state index < -0.39 is 0 Å². The Bertz CT molecular complexity index is 962. The molecule has 0 aliphatic carbocycles. The van der Waals surface area contributed by atoms with Crippen LogP contribution in [-0.4, -0.2) is 31.3 Å². The minimum Gasteiger partial charge on any atom is -0.482 e. The van der Waals surface area contributed by atoms with Gasteiger partial charge in [0.1, 0.15) is 5.75 Å². The number of Topliss-reactive ketones (excluding diaryl/α,β-unsaturated/α-hetero) is 1. The first-order valence-corrected chi connectivity index (χ1v) is 8.34. The molecule has 2 aromatic carbocycles. The first kappa shape index (κ1) is 18.1. The number of carbonyl (C=O) groups excluding carboxylic acids is 3. The number of rotatable bonds is 5. The zero-order valence-corrected chi connectivity index (χ0v) is 14.7. The second-order valence-electron chi connectivity index (χ2n) is 6.09. The van der Waals surface area contributed by atoms with Crippen molar-refractivity contribution in [3.05, 3.63) is 53.6 Å². The van der Waals surface area contributed by atoms with Gasteiger partial charge in [-0.2, -0.15) is 5.26 Å². The van der Waals surface area contributed by atoms with Crippen LogP contribution in [-0.2, 0) is 9.59 Å². The molecular weight excluding hydrogens is 346 g/mol. The summed E-state index contributed by atoms with van der Waals surface area (Å²) in [5.41, 5.74) is 1.91. The number of nitrogens with one attached hydrogen (secondary N) is 1. The van der Waals surface area contributed by atoms with Gasteiger partial charge in [0, 0.05) is 31.1 Å². The maximum atomic E-state index is 12.4. The van der Waals surface area contributed by atoms with Gasteiger partial charge < -0.3 is 15.0 Å². The van der Waals surface area contributed by atoms with Gasteiger partial charge in [-0.3, -0.25) is 14.4 Å². The molecular formula is C20H17N3O4. The number of nitriles is 1. The predicted octanol–water partition coefficient (Wildman–Crippen LogP) is 2.52. The highest BCUT2D eigenvalue weighted by molar-refractivity contribution is 6.03. The zero-order chi connectivity index (χ0) is 19.4. The molecule has 1 N–H and O–H groups in total. The van der Waals surface area contributed by atoms with E-state index in [2.05, 4.69) is 5.32 Å². The SMILES string of the molecule is CN1C(=O)COc2ccc(C(=O)CCC(=O)Nc3cccc(C#N)c3)cc21. The average Bonchev–Trinajstić information content (AvgIpc) is 2.69. The van der Waals surface area contributed by atoms with E-state index in [0.717, 1.165) is 0 Å². The molecule has 7 nitrogen and oxygen atoms in total. The summed E-state index contributed by atoms with van der Waals surface area (Å²) < 4.78 is 5.33. The third-order valence-electron chi connectivity index (χ3n) is 4.22. The Kier molecular flexibility index (Phi) is 5.18. The molecule has 2 amide bonds. The molecule has 0 saturated carbocycles. The van der Waals surface area contributed by atoms with Crippen molar-refractivity contribution in [1.29, 1.82) is 5.26 Å². The van der Waals surface area contributed by atoms with E-state index in [1.807, 2.05) is 6.07 Å². The molecule has 136 valence electrons. The minimum atomic E-state index is -0.313. The molecule has 0 fully saturated rings. The summed E-state index contributed by atoms with van der Waals surface area (Å²) in [4.78, 5) is 37.6. The fourth-order valence-electron chi connectivity index (χ4n) is 2.71. The van der Waals surface area contributed by atoms with Crippen LogP contribution in [0.2, 0.25) is 0 Å². The van der Waals surface area contributed by atoms with Gasteiger partial charge in [-0.1, -0.05) is 6.07 Å². The van der Waals surface area contributed by atoms with Crippen LogP contribution in [0, 0.1) is 11.3 Å². The molecule has 0 radical (unpaired) electrons. The van der Waals surface area contributed by atoms with Gasteiger partial charge in [-0.05, 0) is 36.4 Å². The normalized spacial score (nSPS) is 12.6. The average molecular weight is 363 g/mol. The van der Waals surface area contributed by atoms with E-state index in [1.165, 1.54) is 4.90 Å². The molecule has 0 saturated heterocycles. The molecule has 0 atom stereocenters. The molecule has 0 aromatic heterocycles. The van der Waals surface area contributed by atoms with Crippen LogP contribution in [0.5, 0.6) is 5.75 Å². The van der Waals surface area contributed by atoms with Crippen LogP contribution >= 0.6 is 0 Å². The first-order valence-electron chi connectivity index (χ1n) is 8.34. The predicted molar refractivity (Wildman–Crippen MR) is 98.7 cm³/mol. The van der Waals surface area contributed by atoms with Gasteiger partial charge in [0.25, 0.3) is 5.91 Å². The molecule has 1 aliphatic rings. The van der Waals surface area contributed by atoms with Crippen LogP contribution in [0.25, 0.3) is 0 Å². The molecule has 7 heteroatoms. The lowest BCUT2D eigenvalue weighted by molar-refractivity contribution is -0.121. The van der Waals surface area contributed by atoms with E-state index in [4.69, 9.17) is 10.00 Å². The van der Waals surface area contributed by atoms with Crippen LogP contribution < -0.4 is 15.0 Å². The highest BCUT2D eigenvalue weighted by Gasteiger charge is 2.23. The van der Waals surface area contributed by atoms with Crippen molar-refractivity contribution in [3.63, 3.8) is 0 Å². The smallest absolute Gasteiger partial charge is 0.264 e. The van der Waals surface area contributed by atoms with Crippen LogP contribution in [0.15, 0.2) is 42.5 Å². The number of hydrogen-bond acceptors (Lipinski definition) is 5. The Morgan fingerprint density at radius 2 is 2.04 bits per heavy atom. The molecule has 2 aromatic rings. The van der Waals surface area contributed by atoms with Gasteiger partial charge in [0.2, 0.25) is 5.91 Å². The molecule has 27 heavy (non-hydrogen) atoms. The van der Waals surface area contributed by atoms with Crippen molar-refractivity contribution < 1.29 is 19.1 Å². The number of ether oxygens (including phenoxy) is 1. The van der Waals surface area contributed by atoms with Crippen molar-refractivity contribution in [1.82, 2.24) is 0 Å². The number of benzene rings is 2. The maximum Gasteiger partial charge on any atom is 0.264 e. The number of likely N-dealkylation sites (N-methyl/N-ethyl adjacent to an activating group) is 1. The van der Waals surface area contributed by atoms with Gasteiger partial charge in [0.05, 0.1) is 17.3 Å². The van der Waals surface area contributed by atoms with Gasteiger partial charge in [-0.15, -0.1) is 0 Å². The molecule has 3 rings (SSSR count). The summed E-state index contributed by atoms with van der Waals surface area (Å²) in [6, 6.07) is 13.4. The Labute approximate surface area is 156 Å². The maximum absolute atomic E-state index is 12.4. The number of hydrogen-bond donors (Lipinski definition) is 1. The molecule has 0 unspecified atom stereocenters. The lowest BCUT2D eigenvalue weighted by atomic mass is 10.0. The van der Waals surface area contributed by atoms with Crippen molar-refractivity contribution in [2.24, 2.45) is 0 Å². The van der Waals surface area contributed by atoms with Crippen molar-refractivity contribution in [2.75, 3.05) is 23.9 Å². The second kappa shape index (κ2) is 7.70. The Morgan fingerprint density at radius 1 is 1.22 bits per heavy atom. The third-order valence-corrected chi connectivity index (χ3v) is 4.22. The Balaban J connectivity index is 1.61. The van der Waals surface area contributed by atoms with E-state index >= 15 is 0 Å². The Morgan fingerprint density at radius 3 is 2.81 bits per heavy atom. The van der Waals surface area contributed by atoms with Crippen molar-refractivity contribution >= 4 is 29.0 Å². The zero-order valence-electron chi connectivity index (χ0n) is 14.7. The standard InChI is InChI=1S/C20H17N3O4/c1-23-16-10-14(5-7-18(16)27-12-20(23)26)17(24)6-8-19(25)22-15-4-2-3-13(9-15)11-21/h2-5,7,9-10H,6,8,12H2,1H3,(H,22,25). The third kappa shape index (κ3) is 4.12. The summed E-state index contributed by atoms with van der Waals surface area (Å²) >= 11 is 0. The Hall–Kier alpha value is -3.66. The van der Waals surface area contributed by atoms with Crippen molar-refractivity contribution in [3.8, 4) is 11.8 Å². The summed E-state index contributed by atoms with van der Waals surface area (Å²) in [6.45, 7) is -0.0238. The first-order chi connectivity index (χ1) is 13.0. The molecule has 1 heterocycles. The van der Waals surface area contributed by atoms with Gasteiger partial charge in [0.15, 0.2) is 12.4 Å². The molecule has 1 aliphatic heterocycles. The summed E-state index contributed by atoms with van der Waals surface area (Å²) in [5.74, 6) is -0.160. The topological polar surface area (TPSA) is 99.5 Å². The van der Waals surface area contributed by atoms with Crippen LogP contribution in [0.1, 0.15) is 28.8 Å². The summed E-state index contributed by atoms with van der Waals surface area (Å²) in [7, 11) is 1.63. The lowest BCUT2D eigenvalue weighted by Crippen LogP contribution is -2.35. The quantitative estimate of drug-likeness (QED) is 0.823. The van der Waals surface area contributed by atoms with E-state index in [1.54, 1.807) is 49.5 Å².